The van der Waals surface area contributed by atoms with Crippen LogP contribution in [0.1, 0.15) is 5.56 Å². The SMILES string of the molecule is Cc1cnc2c(-c3cc(-c4ccccc4)cs3)cnn2c1O. The van der Waals surface area contributed by atoms with Gasteiger partial charge in [0, 0.05) is 16.6 Å². The molecule has 0 atom stereocenters. The van der Waals surface area contributed by atoms with Crippen LogP contribution in [-0.2, 0) is 0 Å². The lowest BCUT2D eigenvalue weighted by Gasteiger charge is -2.01. The Morgan fingerprint density at radius 1 is 1.09 bits per heavy atom. The summed E-state index contributed by atoms with van der Waals surface area (Å²) in [5.74, 6) is 0.135. The number of benzene rings is 1. The number of aromatic hydroxyl groups is 1. The Kier molecular flexibility index (Phi) is 2.94. The highest BCUT2D eigenvalue weighted by Gasteiger charge is 2.14. The van der Waals surface area contributed by atoms with Gasteiger partial charge in [0.05, 0.1) is 11.8 Å². The number of hydrogen-bond donors (Lipinski definition) is 1. The summed E-state index contributed by atoms with van der Waals surface area (Å²) in [5.41, 5.74) is 4.68. The average molecular weight is 307 g/mol. The van der Waals surface area contributed by atoms with E-state index in [0.29, 0.717) is 11.2 Å². The van der Waals surface area contributed by atoms with Gasteiger partial charge in [0.25, 0.3) is 0 Å². The van der Waals surface area contributed by atoms with E-state index in [1.54, 1.807) is 23.7 Å². The Morgan fingerprint density at radius 3 is 2.73 bits per heavy atom. The smallest absolute Gasteiger partial charge is 0.218 e. The molecule has 0 aliphatic rings. The molecule has 0 saturated carbocycles. The highest BCUT2D eigenvalue weighted by atomic mass is 32.1. The summed E-state index contributed by atoms with van der Waals surface area (Å²) in [6, 6.07) is 12.4. The van der Waals surface area contributed by atoms with Gasteiger partial charge in [-0.05, 0) is 29.5 Å². The lowest BCUT2D eigenvalue weighted by molar-refractivity contribution is 0.431. The first kappa shape index (κ1) is 13.0. The summed E-state index contributed by atoms with van der Waals surface area (Å²) >= 11 is 1.65. The second-order valence-corrected chi connectivity index (χ2v) is 6.04. The Hall–Kier alpha value is -2.66. The van der Waals surface area contributed by atoms with Crippen LogP contribution in [0.3, 0.4) is 0 Å². The molecule has 5 heteroatoms. The number of hydrogen-bond acceptors (Lipinski definition) is 4. The van der Waals surface area contributed by atoms with Crippen molar-refractivity contribution in [1.29, 1.82) is 0 Å². The van der Waals surface area contributed by atoms with Gasteiger partial charge in [-0.1, -0.05) is 30.3 Å². The van der Waals surface area contributed by atoms with E-state index in [-0.39, 0.29) is 5.88 Å². The Bertz CT molecular complexity index is 957. The number of nitrogens with zero attached hydrogens (tertiary/aromatic N) is 3. The maximum absolute atomic E-state index is 10.1. The minimum Gasteiger partial charge on any atom is -0.493 e. The van der Waals surface area contributed by atoms with E-state index < -0.39 is 0 Å². The largest absolute Gasteiger partial charge is 0.493 e. The van der Waals surface area contributed by atoms with Crippen molar-refractivity contribution in [3.63, 3.8) is 0 Å². The number of fused-ring (bicyclic) bond motifs is 1. The molecule has 22 heavy (non-hydrogen) atoms. The van der Waals surface area contributed by atoms with Gasteiger partial charge in [0.15, 0.2) is 5.65 Å². The van der Waals surface area contributed by atoms with E-state index in [1.807, 2.05) is 25.1 Å². The molecule has 0 unspecified atom stereocenters. The molecule has 3 aromatic heterocycles. The zero-order valence-electron chi connectivity index (χ0n) is 11.9. The molecule has 0 bridgehead atoms. The van der Waals surface area contributed by atoms with Crippen LogP contribution in [0.2, 0.25) is 0 Å². The minimum atomic E-state index is 0.135. The van der Waals surface area contributed by atoms with Gasteiger partial charge in [-0.15, -0.1) is 11.3 Å². The first-order valence-corrected chi connectivity index (χ1v) is 7.78. The molecular weight excluding hydrogens is 294 g/mol. The van der Waals surface area contributed by atoms with Gasteiger partial charge >= 0.3 is 0 Å². The van der Waals surface area contributed by atoms with Gasteiger partial charge < -0.3 is 5.11 Å². The quantitative estimate of drug-likeness (QED) is 0.605. The first-order chi connectivity index (χ1) is 10.7. The molecule has 0 saturated heterocycles. The molecule has 1 aromatic carbocycles. The standard InChI is InChI=1S/C17H13N3OS/c1-11-8-18-16-14(9-19-20(16)17(11)21)15-7-13(10-22-15)12-5-3-2-4-6-12/h2-10,21H,1H3. The third kappa shape index (κ3) is 1.98. The fraction of sp³-hybridized carbons (Fsp3) is 0.0588. The van der Waals surface area contributed by atoms with E-state index in [0.717, 1.165) is 10.4 Å². The van der Waals surface area contributed by atoms with E-state index in [9.17, 15) is 5.11 Å². The Labute approximate surface area is 131 Å². The van der Waals surface area contributed by atoms with Gasteiger partial charge in [0.2, 0.25) is 5.88 Å². The number of rotatable bonds is 2. The van der Waals surface area contributed by atoms with Gasteiger partial charge in [0.1, 0.15) is 0 Å². The zero-order valence-corrected chi connectivity index (χ0v) is 12.7. The van der Waals surface area contributed by atoms with Crippen LogP contribution in [0.25, 0.3) is 27.2 Å². The summed E-state index contributed by atoms with van der Waals surface area (Å²) in [7, 11) is 0. The van der Waals surface area contributed by atoms with Crippen molar-refractivity contribution in [2.24, 2.45) is 0 Å². The number of thiophene rings is 1. The van der Waals surface area contributed by atoms with Crippen LogP contribution in [-0.4, -0.2) is 19.7 Å². The third-order valence-electron chi connectivity index (χ3n) is 3.65. The molecule has 0 fully saturated rings. The van der Waals surface area contributed by atoms with Crippen molar-refractivity contribution in [1.82, 2.24) is 14.6 Å². The Morgan fingerprint density at radius 2 is 1.91 bits per heavy atom. The van der Waals surface area contributed by atoms with E-state index in [2.05, 4.69) is 33.7 Å². The summed E-state index contributed by atoms with van der Waals surface area (Å²) in [4.78, 5) is 5.49. The fourth-order valence-electron chi connectivity index (χ4n) is 2.44. The number of aromatic nitrogens is 3. The molecule has 3 heterocycles. The molecular formula is C17H13N3OS. The third-order valence-corrected chi connectivity index (χ3v) is 4.61. The van der Waals surface area contributed by atoms with Crippen molar-refractivity contribution < 1.29 is 5.11 Å². The van der Waals surface area contributed by atoms with Crippen LogP contribution in [0.4, 0.5) is 0 Å². The zero-order chi connectivity index (χ0) is 15.1. The summed E-state index contributed by atoms with van der Waals surface area (Å²) in [5, 5.41) is 16.4. The number of aryl methyl sites for hydroxylation is 1. The molecule has 0 aliphatic carbocycles. The normalized spacial score (nSPS) is 11.1. The molecule has 0 amide bonds. The predicted octanol–water partition coefficient (Wildman–Crippen LogP) is 4.14. The molecule has 4 aromatic rings. The first-order valence-electron chi connectivity index (χ1n) is 6.90. The van der Waals surface area contributed by atoms with Crippen molar-refractivity contribution in [3.05, 3.63) is 59.7 Å². The van der Waals surface area contributed by atoms with Gasteiger partial charge in [-0.2, -0.15) is 9.61 Å². The summed E-state index contributed by atoms with van der Waals surface area (Å²) in [6.07, 6.45) is 3.42. The van der Waals surface area contributed by atoms with Gasteiger partial charge in [-0.3, -0.25) is 0 Å². The van der Waals surface area contributed by atoms with Crippen LogP contribution in [0, 0.1) is 6.92 Å². The second-order valence-electron chi connectivity index (χ2n) is 5.12. The molecule has 4 nitrogen and oxygen atoms in total. The highest BCUT2D eigenvalue weighted by Crippen LogP contribution is 2.35. The fourth-order valence-corrected chi connectivity index (χ4v) is 3.36. The van der Waals surface area contributed by atoms with Crippen molar-refractivity contribution in [2.75, 3.05) is 0 Å². The average Bonchev–Trinajstić information content (AvgIpc) is 3.18. The molecule has 0 radical (unpaired) electrons. The Balaban J connectivity index is 1.84. The van der Waals surface area contributed by atoms with Crippen molar-refractivity contribution >= 4 is 17.0 Å². The van der Waals surface area contributed by atoms with Crippen LogP contribution >= 0.6 is 11.3 Å². The lowest BCUT2D eigenvalue weighted by Crippen LogP contribution is -1.93. The monoisotopic (exact) mass is 307 g/mol. The maximum Gasteiger partial charge on any atom is 0.218 e. The molecule has 0 spiro atoms. The van der Waals surface area contributed by atoms with E-state index in [1.165, 1.54) is 15.6 Å². The van der Waals surface area contributed by atoms with Crippen molar-refractivity contribution in [3.8, 4) is 27.4 Å². The van der Waals surface area contributed by atoms with Crippen LogP contribution < -0.4 is 0 Å². The van der Waals surface area contributed by atoms with Crippen LogP contribution in [0.5, 0.6) is 5.88 Å². The summed E-state index contributed by atoms with van der Waals surface area (Å²) < 4.78 is 1.48. The van der Waals surface area contributed by atoms with E-state index in [4.69, 9.17) is 0 Å². The maximum atomic E-state index is 10.1. The predicted molar refractivity (Wildman–Crippen MR) is 88.1 cm³/mol. The molecule has 0 aliphatic heterocycles. The second kappa shape index (κ2) is 4.96. The van der Waals surface area contributed by atoms with Gasteiger partial charge in [-0.25, -0.2) is 4.98 Å². The van der Waals surface area contributed by atoms with E-state index >= 15 is 0 Å². The minimum absolute atomic E-state index is 0.135. The molecule has 108 valence electrons. The molecule has 4 rings (SSSR count). The molecule has 1 N–H and O–H groups in total. The topological polar surface area (TPSA) is 50.4 Å². The van der Waals surface area contributed by atoms with Crippen LogP contribution in [0.15, 0.2) is 54.2 Å². The lowest BCUT2D eigenvalue weighted by atomic mass is 10.1. The highest BCUT2D eigenvalue weighted by molar-refractivity contribution is 7.14. The van der Waals surface area contributed by atoms with Crippen molar-refractivity contribution in [2.45, 2.75) is 6.92 Å². The summed E-state index contributed by atoms with van der Waals surface area (Å²) in [6.45, 7) is 1.81.